The van der Waals surface area contributed by atoms with Crippen molar-refractivity contribution in [3.8, 4) is 56.4 Å². The highest BCUT2D eigenvalue weighted by Crippen LogP contribution is 2.41. The largest absolute Gasteiger partial charge is 0.458 e. The summed E-state index contributed by atoms with van der Waals surface area (Å²) in [4.78, 5) is 0. The van der Waals surface area contributed by atoms with E-state index in [4.69, 9.17) is 9.47 Å². The average Bonchev–Trinajstić information content (AvgIpc) is 3.01. The first-order chi connectivity index (χ1) is 19.7. The summed E-state index contributed by atoms with van der Waals surface area (Å²) in [6.45, 7) is 2.15. The normalized spacial score (nSPS) is 12.5. The van der Waals surface area contributed by atoms with Crippen LogP contribution in [-0.4, -0.2) is 6.71 Å². The molecule has 2 aliphatic heterocycles. The molecule has 6 aromatic rings. The van der Waals surface area contributed by atoms with Crippen LogP contribution < -0.4 is 25.9 Å². The predicted octanol–water partition coefficient (Wildman–Crippen LogP) is 7.72. The van der Waals surface area contributed by atoms with Crippen molar-refractivity contribution in [2.45, 2.75) is 6.92 Å². The van der Waals surface area contributed by atoms with Crippen LogP contribution in [0, 0.1) is 6.92 Å². The van der Waals surface area contributed by atoms with Gasteiger partial charge in [0.15, 0.2) is 0 Å². The van der Waals surface area contributed by atoms with Crippen molar-refractivity contribution in [3.05, 3.63) is 139 Å². The standard InChI is InChI=1S/C37H25BO2/c1-24-10-8-9-15-29(24)28-17-20-33-32(23-28)38-31-22-27(25-11-4-2-5-12-25)16-19-34(31)40-37-30(26-13-6-3-7-14-26)18-21-35(39-33)36(37)38/h2-23H,1H3. The Labute approximate surface area is 234 Å². The minimum atomic E-state index is -0.0196. The van der Waals surface area contributed by atoms with E-state index in [0.29, 0.717) is 0 Å². The van der Waals surface area contributed by atoms with Gasteiger partial charge in [-0.15, -0.1) is 0 Å². The summed E-state index contributed by atoms with van der Waals surface area (Å²) in [6.07, 6.45) is 0. The van der Waals surface area contributed by atoms with Gasteiger partial charge in [0.05, 0.1) is 0 Å². The van der Waals surface area contributed by atoms with Crippen molar-refractivity contribution in [1.29, 1.82) is 0 Å². The summed E-state index contributed by atoms with van der Waals surface area (Å²) in [5.41, 5.74) is 11.7. The molecule has 2 aliphatic rings. The second kappa shape index (κ2) is 9.03. The zero-order valence-electron chi connectivity index (χ0n) is 22.1. The van der Waals surface area contributed by atoms with Gasteiger partial charge in [-0.3, -0.25) is 0 Å². The summed E-state index contributed by atoms with van der Waals surface area (Å²) in [5.74, 6) is 3.51. The number of aryl methyl sites for hydroxylation is 1. The molecule has 0 aliphatic carbocycles. The maximum absolute atomic E-state index is 6.77. The van der Waals surface area contributed by atoms with Gasteiger partial charge in [0.2, 0.25) is 0 Å². The summed E-state index contributed by atoms with van der Waals surface area (Å²) in [7, 11) is 0. The first-order valence-corrected chi connectivity index (χ1v) is 13.7. The van der Waals surface area contributed by atoms with E-state index in [0.717, 1.165) is 50.5 Å². The van der Waals surface area contributed by atoms with E-state index in [9.17, 15) is 0 Å². The monoisotopic (exact) mass is 512 g/mol. The second-order valence-electron chi connectivity index (χ2n) is 10.5. The molecule has 0 bridgehead atoms. The molecule has 188 valence electrons. The van der Waals surface area contributed by atoms with Gasteiger partial charge in [0.25, 0.3) is 6.71 Å². The third kappa shape index (κ3) is 3.59. The zero-order chi connectivity index (χ0) is 26.6. The van der Waals surface area contributed by atoms with Crippen molar-refractivity contribution in [1.82, 2.24) is 0 Å². The molecule has 0 spiro atoms. The van der Waals surface area contributed by atoms with Crippen LogP contribution in [0.2, 0.25) is 0 Å². The second-order valence-corrected chi connectivity index (χ2v) is 10.5. The maximum Gasteiger partial charge on any atom is 0.260 e. The fourth-order valence-corrected chi connectivity index (χ4v) is 6.21. The molecule has 6 aromatic carbocycles. The summed E-state index contributed by atoms with van der Waals surface area (Å²) >= 11 is 0. The number of fused-ring (bicyclic) bond motifs is 4. The third-order valence-electron chi connectivity index (χ3n) is 8.17. The van der Waals surface area contributed by atoms with Crippen LogP contribution >= 0.6 is 0 Å². The van der Waals surface area contributed by atoms with Crippen molar-refractivity contribution in [2.75, 3.05) is 0 Å². The van der Waals surface area contributed by atoms with E-state index in [-0.39, 0.29) is 6.71 Å². The molecule has 0 unspecified atom stereocenters. The molecular weight excluding hydrogens is 487 g/mol. The van der Waals surface area contributed by atoms with Crippen molar-refractivity contribution >= 4 is 23.1 Å². The van der Waals surface area contributed by atoms with E-state index < -0.39 is 0 Å². The lowest BCUT2D eigenvalue weighted by atomic mass is 9.34. The molecule has 2 heterocycles. The van der Waals surface area contributed by atoms with E-state index in [1.54, 1.807) is 0 Å². The summed E-state index contributed by atoms with van der Waals surface area (Å²) in [6, 6.07) is 47.0. The lowest BCUT2D eigenvalue weighted by Gasteiger charge is -2.34. The van der Waals surface area contributed by atoms with Crippen molar-refractivity contribution in [3.63, 3.8) is 0 Å². The SMILES string of the molecule is Cc1ccccc1-c1ccc2c(c1)B1c3cc(-c4ccccc4)ccc3Oc3c(-c4ccccc4)ccc(c31)O2. The Balaban J connectivity index is 1.39. The smallest absolute Gasteiger partial charge is 0.260 e. The molecule has 3 heteroatoms. The van der Waals surface area contributed by atoms with Gasteiger partial charge in [-0.1, -0.05) is 109 Å². The topological polar surface area (TPSA) is 18.5 Å². The first-order valence-electron chi connectivity index (χ1n) is 13.7. The molecule has 0 radical (unpaired) electrons. The van der Waals surface area contributed by atoms with Gasteiger partial charge in [-0.2, -0.15) is 0 Å². The molecule has 0 amide bonds. The maximum atomic E-state index is 6.77. The molecule has 8 rings (SSSR count). The molecule has 0 fully saturated rings. The lowest BCUT2D eigenvalue weighted by Crippen LogP contribution is -2.57. The molecule has 0 saturated carbocycles. The fourth-order valence-electron chi connectivity index (χ4n) is 6.21. The highest BCUT2D eigenvalue weighted by atomic mass is 16.5. The molecular formula is C37H25BO2. The lowest BCUT2D eigenvalue weighted by molar-refractivity contribution is 0.465. The Morgan fingerprint density at radius 1 is 0.450 bits per heavy atom. The van der Waals surface area contributed by atoms with Crippen LogP contribution in [0.4, 0.5) is 0 Å². The van der Waals surface area contributed by atoms with Crippen LogP contribution in [0.15, 0.2) is 133 Å². The summed E-state index contributed by atoms with van der Waals surface area (Å²) < 4.78 is 13.4. The number of rotatable bonds is 3. The molecule has 0 atom stereocenters. The molecule has 0 aromatic heterocycles. The minimum Gasteiger partial charge on any atom is -0.458 e. The Kier molecular flexibility index (Phi) is 5.18. The Hall–Kier alpha value is -5.02. The molecule has 2 nitrogen and oxygen atoms in total. The average molecular weight is 512 g/mol. The zero-order valence-corrected chi connectivity index (χ0v) is 22.1. The van der Waals surface area contributed by atoms with Crippen LogP contribution in [0.1, 0.15) is 5.56 Å². The van der Waals surface area contributed by atoms with Gasteiger partial charge in [0, 0.05) is 11.0 Å². The highest BCUT2D eigenvalue weighted by Gasteiger charge is 2.41. The molecule has 0 saturated heterocycles. The van der Waals surface area contributed by atoms with Crippen LogP contribution in [-0.2, 0) is 0 Å². The van der Waals surface area contributed by atoms with E-state index in [2.05, 4.69) is 134 Å². The quantitative estimate of drug-likeness (QED) is 0.226. The van der Waals surface area contributed by atoms with E-state index in [1.807, 2.05) is 6.07 Å². The molecule has 0 N–H and O–H groups in total. The van der Waals surface area contributed by atoms with Gasteiger partial charge < -0.3 is 9.47 Å². The highest BCUT2D eigenvalue weighted by molar-refractivity contribution is 6.98. The van der Waals surface area contributed by atoms with Gasteiger partial charge in [-0.25, -0.2) is 0 Å². The Morgan fingerprint density at radius 2 is 1.05 bits per heavy atom. The number of benzene rings is 6. The van der Waals surface area contributed by atoms with Crippen LogP contribution in [0.25, 0.3) is 33.4 Å². The minimum absolute atomic E-state index is 0.0196. The van der Waals surface area contributed by atoms with Gasteiger partial charge in [-0.05, 0) is 75.5 Å². The van der Waals surface area contributed by atoms with Gasteiger partial charge >= 0.3 is 0 Å². The van der Waals surface area contributed by atoms with Crippen LogP contribution in [0.5, 0.6) is 23.0 Å². The van der Waals surface area contributed by atoms with E-state index >= 15 is 0 Å². The first kappa shape index (κ1) is 22.9. The number of hydrogen-bond acceptors (Lipinski definition) is 2. The number of ether oxygens (including phenoxy) is 2. The molecule has 40 heavy (non-hydrogen) atoms. The van der Waals surface area contributed by atoms with Crippen LogP contribution in [0.3, 0.4) is 0 Å². The number of hydrogen-bond donors (Lipinski definition) is 0. The third-order valence-corrected chi connectivity index (χ3v) is 8.17. The Morgan fingerprint density at radius 3 is 1.80 bits per heavy atom. The van der Waals surface area contributed by atoms with Gasteiger partial charge in [0.1, 0.15) is 23.0 Å². The summed E-state index contributed by atoms with van der Waals surface area (Å²) in [5, 5.41) is 0. The Bertz CT molecular complexity index is 1910. The van der Waals surface area contributed by atoms with Crippen molar-refractivity contribution in [2.24, 2.45) is 0 Å². The van der Waals surface area contributed by atoms with E-state index in [1.165, 1.54) is 27.8 Å². The predicted molar refractivity (Wildman–Crippen MR) is 165 cm³/mol. The van der Waals surface area contributed by atoms with Crippen molar-refractivity contribution < 1.29 is 9.47 Å². The fraction of sp³-hybridized carbons (Fsp3) is 0.0270.